The lowest BCUT2D eigenvalue weighted by Gasteiger charge is -2.35. The van der Waals surface area contributed by atoms with Crippen molar-refractivity contribution in [2.24, 2.45) is 0 Å². The Hall–Kier alpha value is -4.38. The number of aliphatic hydroxyl groups is 2. The maximum absolute atomic E-state index is 14.0. The van der Waals surface area contributed by atoms with Crippen molar-refractivity contribution in [2.45, 2.75) is 57.4 Å². The molecular weight excluding hydrogens is 643 g/mol. The SMILES string of the molecule is COc1ccc(C(C2=C(O)[C@@H](c3ccc(C)cc3)C(=S)NC2=O)C2=C(O)[C@@H](c3ccc(C)cc3)C(=S)NC2=O)cc1CN1CCCCC1. The molecule has 8 nitrogen and oxygen atoms in total. The number of carbonyl (C=O) groups is 2. The number of aliphatic hydroxyl groups excluding tert-OH is 2. The van der Waals surface area contributed by atoms with Gasteiger partial charge in [-0.15, -0.1) is 0 Å². The van der Waals surface area contributed by atoms with Crippen LogP contribution in [-0.2, 0) is 16.1 Å². The molecule has 1 saturated heterocycles. The van der Waals surface area contributed by atoms with Crippen LogP contribution < -0.4 is 15.4 Å². The second-order valence-corrected chi connectivity index (χ2v) is 13.6. The summed E-state index contributed by atoms with van der Waals surface area (Å²) in [6, 6.07) is 20.5. The third-order valence-corrected chi connectivity index (χ3v) is 10.1. The van der Waals surface area contributed by atoms with E-state index in [0.29, 0.717) is 29.0 Å². The molecule has 1 fully saturated rings. The van der Waals surface area contributed by atoms with Gasteiger partial charge >= 0.3 is 0 Å². The topological polar surface area (TPSA) is 111 Å². The number of carbonyl (C=O) groups excluding carboxylic acids is 2. The van der Waals surface area contributed by atoms with Crippen LogP contribution in [0.15, 0.2) is 89.4 Å². The molecule has 3 aliphatic heterocycles. The molecule has 0 spiro atoms. The molecule has 48 heavy (non-hydrogen) atoms. The van der Waals surface area contributed by atoms with Gasteiger partial charge in [-0.05, 0) is 68.6 Å². The van der Waals surface area contributed by atoms with Crippen LogP contribution in [0.1, 0.15) is 70.4 Å². The summed E-state index contributed by atoms with van der Waals surface area (Å²) < 4.78 is 5.75. The number of nitrogens with one attached hydrogen (secondary N) is 2. The maximum Gasteiger partial charge on any atom is 0.256 e. The summed E-state index contributed by atoms with van der Waals surface area (Å²) in [4.78, 5) is 30.6. The quantitative estimate of drug-likeness (QED) is 0.200. The molecule has 3 heterocycles. The van der Waals surface area contributed by atoms with E-state index in [0.717, 1.165) is 42.6 Å². The van der Waals surface area contributed by atoms with Crippen LogP contribution >= 0.6 is 24.4 Å². The molecule has 0 bridgehead atoms. The largest absolute Gasteiger partial charge is 0.511 e. The van der Waals surface area contributed by atoms with Gasteiger partial charge in [-0.3, -0.25) is 14.5 Å². The summed E-state index contributed by atoms with van der Waals surface area (Å²) in [5.74, 6) is -4.05. The smallest absolute Gasteiger partial charge is 0.256 e. The summed E-state index contributed by atoms with van der Waals surface area (Å²) in [5, 5.41) is 29.7. The van der Waals surface area contributed by atoms with Gasteiger partial charge in [0.05, 0.1) is 46.0 Å². The number of thiocarbonyl (C=S) groups is 2. The van der Waals surface area contributed by atoms with Crippen molar-refractivity contribution in [3.8, 4) is 5.75 Å². The van der Waals surface area contributed by atoms with Gasteiger partial charge in [-0.2, -0.15) is 0 Å². The standard InChI is InChI=1S/C38H39N3O5S2/c1-21-7-11-23(12-8-21)29-33(42)31(35(44)39-37(29)47)28(25-15-16-27(46-3)26(19-25)20-41-17-5-4-6-18-41)32-34(43)30(38(48)40-36(32)45)24-13-9-22(2)10-14-24/h7-16,19,28-30,42-43H,4-6,17-18,20H2,1-3H3,(H,39,44,47)(H,40,45,48)/t29-,30-/m1/s1. The predicted molar refractivity (Wildman–Crippen MR) is 193 cm³/mol. The predicted octanol–water partition coefficient (Wildman–Crippen LogP) is 6.49. The summed E-state index contributed by atoms with van der Waals surface area (Å²) in [6.45, 7) is 6.41. The van der Waals surface area contributed by atoms with Crippen LogP contribution in [0.5, 0.6) is 5.75 Å². The fourth-order valence-electron chi connectivity index (χ4n) is 6.93. The molecule has 2 atom stereocenters. The van der Waals surface area contributed by atoms with E-state index in [1.807, 2.05) is 74.5 Å². The lowest BCUT2D eigenvalue weighted by Crippen LogP contribution is -2.46. The Morgan fingerprint density at radius 2 is 1.25 bits per heavy atom. The zero-order valence-electron chi connectivity index (χ0n) is 27.2. The van der Waals surface area contributed by atoms with E-state index in [1.54, 1.807) is 13.2 Å². The number of hydrogen-bond donors (Lipinski definition) is 4. The molecule has 0 aliphatic carbocycles. The first-order valence-corrected chi connectivity index (χ1v) is 17.0. The molecule has 3 aromatic carbocycles. The first-order valence-electron chi connectivity index (χ1n) is 16.2. The number of ether oxygens (including phenoxy) is 1. The number of aryl methyl sites for hydroxylation is 2. The molecule has 3 aliphatic rings. The highest BCUT2D eigenvalue weighted by Gasteiger charge is 2.45. The minimum Gasteiger partial charge on any atom is -0.511 e. The van der Waals surface area contributed by atoms with E-state index >= 15 is 0 Å². The van der Waals surface area contributed by atoms with Gasteiger partial charge in [-0.1, -0.05) is 96.6 Å². The van der Waals surface area contributed by atoms with E-state index in [1.165, 1.54) is 6.42 Å². The van der Waals surface area contributed by atoms with Crippen molar-refractivity contribution >= 4 is 46.2 Å². The molecule has 10 heteroatoms. The normalized spacial score (nSPS) is 20.7. The number of hydrogen-bond acceptors (Lipinski definition) is 8. The summed E-state index contributed by atoms with van der Waals surface area (Å²) in [7, 11) is 1.61. The summed E-state index contributed by atoms with van der Waals surface area (Å²) in [5.41, 5.74) is 4.67. The van der Waals surface area contributed by atoms with E-state index in [4.69, 9.17) is 29.2 Å². The highest BCUT2D eigenvalue weighted by Crippen LogP contribution is 2.45. The van der Waals surface area contributed by atoms with Crippen LogP contribution in [-0.4, -0.2) is 57.1 Å². The Labute approximate surface area is 291 Å². The van der Waals surface area contributed by atoms with Crippen molar-refractivity contribution in [3.05, 3.63) is 123 Å². The number of methoxy groups -OCH3 is 1. The van der Waals surface area contributed by atoms with Gasteiger partial charge in [-0.25, -0.2) is 0 Å². The maximum atomic E-state index is 14.0. The van der Waals surface area contributed by atoms with Crippen LogP contribution in [0.3, 0.4) is 0 Å². The second kappa shape index (κ2) is 14.0. The number of likely N-dealkylation sites (tertiary alicyclic amines) is 1. The molecular formula is C38H39N3O5S2. The number of amides is 2. The van der Waals surface area contributed by atoms with Crippen LogP contribution in [0, 0.1) is 13.8 Å². The average Bonchev–Trinajstić information content (AvgIpc) is 3.06. The van der Waals surface area contributed by atoms with Crippen molar-refractivity contribution in [2.75, 3.05) is 20.2 Å². The molecule has 3 aromatic rings. The van der Waals surface area contributed by atoms with Gasteiger partial charge in [0.2, 0.25) is 0 Å². The van der Waals surface area contributed by atoms with E-state index in [9.17, 15) is 19.8 Å². The fraction of sp³-hybridized carbons (Fsp3) is 0.316. The fourth-order valence-corrected chi connectivity index (χ4v) is 7.61. The van der Waals surface area contributed by atoms with Crippen molar-refractivity contribution < 1.29 is 24.5 Å². The van der Waals surface area contributed by atoms with Gasteiger partial charge in [0, 0.05) is 12.1 Å². The molecule has 0 saturated carbocycles. The molecule has 2 amide bonds. The second-order valence-electron chi connectivity index (χ2n) is 12.8. The van der Waals surface area contributed by atoms with Crippen LogP contribution in [0.2, 0.25) is 0 Å². The number of benzene rings is 3. The third-order valence-electron chi connectivity index (χ3n) is 9.47. The highest BCUT2D eigenvalue weighted by molar-refractivity contribution is 7.80. The molecule has 0 radical (unpaired) electrons. The molecule has 6 rings (SSSR count). The minimum absolute atomic E-state index is 0.0737. The average molecular weight is 682 g/mol. The molecule has 0 unspecified atom stereocenters. The van der Waals surface area contributed by atoms with Crippen molar-refractivity contribution in [1.82, 2.24) is 15.5 Å². The van der Waals surface area contributed by atoms with Gasteiger partial charge in [0.1, 0.15) is 17.3 Å². The highest BCUT2D eigenvalue weighted by atomic mass is 32.1. The summed E-state index contributed by atoms with van der Waals surface area (Å²) in [6.07, 6.45) is 3.40. The zero-order chi connectivity index (χ0) is 34.1. The molecule has 0 aromatic heterocycles. The minimum atomic E-state index is -1.18. The monoisotopic (exact) mass is 681 g/mol. The lowest BCUT2D eigenvalue weighted by atomic mass is 9.75. The first-order chi connectivity index (χ1) is 23.1. The number of piperidine rings is 1. The Bertz CT molecular complexity index is 1740. The van der Waals surface area contributed by atoms with E-state index in [-0.39, 0.29) is 32.6 Å². The zero-order valence-corrected chi connectivity index (χ0v) is 28.8. The van der Waals surface area contributed by atoms with E-state index in [2.05, 4.69) is 15.5 Å². The Morgan fingerprint density at radius 3 is 1.71 bits per heavy atom. The van der Waals surface area contributed by atoms with Gasteiger partial charge in [0.25, 0.3) is 11.8 Å². The van der Waals surface area contributed by atoms with Crippen LogP contribution in [0.25, 0.3) is 0 Å². The van der Waals surface area contributed by atoms with Gasteiger partial charge < -0.3 is 25.6 Å². The van der Waals surface area contributed by atoms with Crippen molar-refractivity contribution in [3.63, 3.8) is 0 Å². The van der Waals surface area contributed by atoms with Crippen LogP contribution in [0.4, 0.5) is 0 Å². The lowest BCUT2D eigenvalue weighted by molar-refractivity contribution is -0.117. The first kappa shape index (κ1) is 33.5. The van der Waals surface area contributed by atoms with Crippen molar-refractivity contribution in [1.29, 1.82) is 0 Å². The molecule has 248 valence electrons. The summed E-state index contributed by atoms with van der Waals surface area (Å²) >= 11 is 11.2. The third kappa shape index (κ3) is 6.52. The number of nitrogens with zero attached hydrogens (tertiary/aromatic N) is 1. The Balaban J connectivity index is 1.58. The Morgan fingerprint density at radius 1 is 0.771 bits per heavy atom. The van der Waals surface area contributed by atoms with E-state index < -0.39 is 29.6 Å². The van der Waals surface area contributed by atoms with Gasteiger partial charge in [0.15, 0.2) is 0 Å². The molecule has 4 N–H and O–H groups in total. The Kier molecular flexibility index (Phi) is 9.78. The number of rotatable bonds is 8.